The third-order valence-electron chi connectivity index (χ3n) is 4.09. The number of H-pyrrole nitrogens is 1. The molecule has 104 valence electrons. The lowest BCUT2D eigenvalue weighted by Crippen LogP contribution is -2.16. The number of aromatic amines is 1. The number of aromatic nitrogens is 4. The molecule has 2 atom stereocenters. The molecule has 0 saturated heterocycles. The number of hydrogen-bond acceptors (Lipinski definition) is 4. The summed E-state index contributed by atoms with van der Waals surface area (Å²) in [4.78, 5) is 2.25. The van der Waals surface area contributed by atoms with Crippen molar-refractivity contribution >= 4 is 17.4 Å². The molecule has 0 radical (unpaired) electrons. The first-order valence-electron chi connectivity index (χ1n) is 6.96. The molecule has 4 rings (SSSR count). The second-order valence-corrected chi connectivity index (χ2v) is 6.46. The molecule has 5 nitrogen and oxygen atoms in total. The molecular formula is C14H17N5S. The average molecular weight is 287 g/mol. The van der Waals surface area contributed by atoms with Crippen LogP contribution < -0.4 is 4.90 Å². The number of hydrogen-bond donors (Lipinski definition) is 1. The van der Waals surface area contributed by atoms with Crippen molar-refractivity contribution in [1.29, 1.82) is 0 Å². The van der Waals surface area contributed by atoms with Crippen LogP contribution in [0.3, 0.4) is 0 Å². The zero-order chi connectivity index (χ0) is 13.5. The highest BCUT2D eigenvalue weighted by Crippen LogP contribution is 2.43. The van der Waals surface area contributed by atoms with E-state index >= 15 is 0 Å². The first-order valence-corrected chi connectivity index (χ1v) is 7.90. The summed E-state index contributed by atoms with van der Waals surface area (Å²) >= 11 is 1.79. The molecule has 1 N–H and O–H groups in total. The summed E-state index contributed by atoms with van der Waals surface area (Å²) in [5, 5.41) is 13.9. The molecule has 0 aromatic carbocycles. The molecule has 2 aromatic rings. The Morgan fingerprint density at radius 3 is 3.05 bits per heavy atom. The summed E-state index contributed by atoms with van der Waals surface area (Å²) in [5.74, 6) is 0.816. The van der Waals surface area contributed by atoms with Gasteiger partial charge in [-0.2, -0.15) is 10.2 Å². The Balaban J connectivity index is 1.58. The molecule has 0 bridgehead atoms. The molecule has 2 aliphatic rings. The van der Waals surface area contributed by atoms with Crippen LogP contribution in [0, 0.1) is 5.92 Å². The van der Waals surface area contributed by atoms with Gasteiger partial charge in [-0.3, -0.25) is 9.78 Å². The molecule has 0 amide bonds. The maximum absolute atomic E-state index is 4.55. The number of nitrogens with one attached hydrogen (secondary N) is 1. The van der Waals surface area contributed by atoms with Crippen molar-refractivity contribution in [3.05, 3.63) is 42.0 Å². The summed E-state index contributed by atoms with van der Waals surface area (Å²) in [6.45, 7) is 2.26. The summed E-state index contributed by atoms with van der Waals surface area (Å²) in [6, 6.07) is 0.510. The smallest absolute Gasteiger partial charge is 0.112 e. The molecule has 1 fully saturated rings. The highest BCUT2D eigenvalue weighted by Gasteiger charge is 2.31. The van der Waals surface area contributed by atoms with E-state index in [4.69, 9.17) is 0 Å². The normalized spacial score (nSPS) is 23.4. The maximum Gasteiger partial charge on any atom is 0.112 e. The van der Waals surface area contributed by atoms with Crippen molar-refractivity contribution in [3.8, 4) is 0 Å². The van der Waals surface area contributed by atoms with E-state index in [1.165, 1.54) is 18.4 Å². The van der Waals surface area contributed by atoms with Crippen molar-refractivity contribution in [3.63, 3.8) is 0 Å². The fourth-order valence-electron chi connectivity index (χ4n) is 2.65. The zero-order valence-corrected chi connectivity index (χ0v) is 12.1. The highest BCUT2D eigenvalue weighted by atomic mass is 32.2. The van der Waals surface area contributed by atoms with Gasteiger partial charge in [-0.1, -0.05) is 0 Å². The third-order valence-corrected chi connectivity index (χ3v) is 5.13. The van der Waals surface area contributed by atoms with Crippen LogP contribution in [0.15, 0.2) is 36.4 Å². The monoisotopic (exact) mass is 287 g/mol. The Morgan fingerprint density at radius 1 is 1.40 bits per heavy atom. The van der Waals surface area contributed by atoms with Crippen LogP contribution in [-0.2, 0) is 0 Å². The molecule has 2 aromatic heterocycles. The lowest BCUT2D eigenvalue weighted by Gasteiger charge is -2.22. The van der Waals surface area contributed by atoms with Gasteiger partial charge in [0.05, 0.1) is 24.1 Å². The van der Waals surface area contributed by atoms with Crippen LogP contribution in [0.4, 0.5) is 5.69 Å². The van der Waals surface area contributed by atoms with Gasteiger partial charge in [0.15, 0.2) is 0 Å². The first-order chi connectivity index (χ1) is 9.83. The molecule has 0 spiro atoms. The van der Waals surface area contributed by atoms with Gasteiger partial charge in [-0.15, -0.1) is 11.8 Å². The van der Waals surface area contributed by atoms with Gasteiger partial charge in [-0.05, 0) is 31.1 Å². The topological polar surface area (TPSA) is 49.7 Å². The van der Waals surface area contributed by atoms with Crippen molar-refractivity contribution in [2.45, 2.75) is 31.2 Å². The van der Waals surface area contributed by atoms with Crippen molar-refractivity contribution in [2.24, 2.45) is 5.92 Å². The summed E-state index contributed by atoms with van der Waals surface area (Å²) in [7, 11) is 0. The Kier molecular flexibility index (Phi) is 2.84. The van der Waals surface area contributed by atoms with Gasteiger partial charge < -0.3 is 4.90 Å². The maximum atomic E-state index is 4.55. The Labute approximate surface area is 122 Å². The predicted molar refractivity (Wildman–Crippen MR) is 80.2 cm³/mol. The van der Waals surface area contributed by atoms with Crippen LogP contribution in [0.5, 0.6) is 0 Å². The molecule has 1 aliphatic carbocycles. The summed E-state index contributed by atoms with van der Waals surface area (Å²) in [5.41, 5.74) is 2.33. The minimum Gasteiger partial charge on any atom is -0.328 e. The van der Waals surface area contributed by atoms with Crippen molar-refractivity contribution in [1.82, 2.24) is 20.0 Å². The van der Waals surface area contributed by atoms with Crippen molar-refractivity contribution < 1.29 is 0 Å². The van der Waals surface area contributed by atoms with Crippen LogP contribution >= 0.6 is 11.8 Å². The quantitative estimate of drug-likeness (QED) is 0.937. The Hall–Kier alpha value is -1.69. The van der Waals surface area contributed by atoms with E-state index < -0.39 is 0 Å². The minimum atomic E-state index is 0.252. The standard InChI is InChI=1S/C14H17N5S/c1-10(11-2-3-11)19-9-13(8-17-19)18-4-5-20-14(18)12-6-15-16-7-12/h4-11,14H,2-3H2,1H3,(H,15,16)/t10?,14-/m1/s1. The van der Waals surface area contributed by atoms with Gasteiger partial charge in [0.1, 0.15) is 5.37 Å². The lowest BCUT2D eigenvalue weighted by atomic mass is 10.2. The van der Waals surface area contributed by atoms with Gasteiger partial charge in [0.25, 0.3) is 0 Å². The van der Waals surface area contributed by atoms with E-state index in [1.807, 2.05) is 18.6 Å². The molecule has 20 heavy (non-hydrogen) atoms. The lowest BCUT2D eigenvalue weighted by molar-refractivity contribution is 0.440. The molecule has 1 unspecified atom stereocenters. The Bertz CT molecular complexity index is 613. The number of thioether (sulfide) groups is 1. The summed E-state index contributed by atoms with van der Waals surface area (Å²) < 4.78 is 2.11. The van der Waals surface area contributed by atoms with E-state index in [9.17, 15) is 0 Å². The second kappa shape index (κ2) is 4.70. The third kappa shape index (κ3) is 2.04. The molecular weight excluding hydrogens is 270 g/mol. The number of anilines is 1. The van der Waals surface area contributed by atoms with E-state index in [0.717, 1.165) is 11.6 Å². The van der Waals surface area contributed by atoms with Crippen LogP contribution in [0.2, 0.25) is 0 Å². The van der Waals surface area contributed by atoms with Crippen LogP contribution in [-0.4, -0.2) is 20.0 Å². The second-order valence-electron chi connectivity index (χ2n) is 5.47. The number of rotatable bonds is 4. The highest BCUT2D eigenvalue weighted by molar-refractivity contribution is 8.02. The van der Waals surface area contributed by atoms with E-state index in [1.54, 1.807) is 11.8 Å². The first kappa shape index (κ1) is 12.1. The van der Waals surface area contributed by atoms with E-state index in [-0.39, 0.29) is 5.37 Å². The molecule has 1 aliphatic heterocycles. The van der Waals surface area contributed by atoms with Crippen LogP contribution in [0.25, 0.3) is 0 Å². The van der Waals surface area contributed by atoms with E-state index in [2.05, 4.69) is 49.6 Å². The minimum absolute atomic E-state index is 0.252. The SMILES string of the molecule is CC(C1CC1)n1cc(N2C=CS[C@@H]2c2cn[nH]c2)cn1. The molecule has 3 heterocycles. The number of nitrogens with zero attached hydrogens (tertiary/aromatic N) is 4. The van der Waals surface area contributed by atoms with Crippen molar-refractivity contribution in [2.75, 3.05) is 4.90 Å². The summed E-state index contributed by atoms with van der Waals surface area (Å²) in [6.07, 6.45) is 12.8. The van der Waals surface area contributed by atoms with Gasteiger partial charge >= 0.3 is 0 Å². The molecule has 1 saturated carbocycles. The van der Waals surface area contributed by atoms with Gasteiger partial charge in [0.2, 0.25) is 0 Å². The largest absolute Gasteiger partial charge is 0.328 e. The average Bonchev–Trinajstić information content (AvgIpc) is 2.93. The Morgan fingerprint density at radius 2 is 2.30 bits per heavy atom. The van der Waals surface area contributed by atoms with Gasteiger partial charge in [-0.25, -0.2) is 0 Å². The van der Waals surface area contributed by atoms with Crippen LogP contribution in [0.1, 0.15) is 36.7 Å². The van der Waals surface area contributed by atoms with Gasteiger partial charge in [0, 0.05) is 24.2 Å². The predicted octanol–water partition coefficient (Wildman–Crippen LogP) is 3.30. The fraction of sp³-hybridized carbons (Fsp3) is 0.429. The van der Waals surface area contributed by atoms with E-state index in [0.29, 0.717) is 6.04 Å². The fourth-order valence-corrected chi connectivity index (χ4v) is 3.61. The zero-order valence-electron chi connectivity index (χ0n) is 11.3. The molecule has 6 heteroatoms.